The average molecular weight is 239 g/mol. The zero-order chi connectivity index (χ0) is 12.6. The van der Waals surface area contributed by atoms with Crippen molar-refractivity contribution in [2.75, 3.05) is 7.05 Å². The van der Waals surface area contributed by atoms with E-state index in [0.717, 1.165) is 6.07 Å². The Hall–Kier alpha value is -1.75. The van der Waals surface area contributed by atoms with Crippen molar-refractivity contribution in [2.45, 2.75) is 13.0 Å². The fraction of sp³-hybridized carbons (Fsp3) is 0.250. The van der Waals surface area contributed by atoms with Crippen LogP contribution in [0.15, 0.2) is 22.6 Å². The summed E-state index contributed by atoms with van der Waals surface area (Å²) in [5.74, 6) is -1.22. The lowest BCUT2D eigenvalue weighted by molar-refractivity contribution is 0.0951. The van der Waals surface area contributed by atoms with Crippen LogP contribution in [0.1, 0.15) is 17.3 Å². The number of likely N-dealkylation sites (N-methyl/N-ethyl adjacent to an activating group) is 1. The van der Waals surface area contributed by atoms with Crippen molar-refractivity contribution in [1.82, 2.24) is 5.32 Å². The van der Waals surface area contributed by atoms with E-state index >= 15 is 0 Å². The number of nitrogens with one attached hydrogen (secondary N) is 1. The van der Waals surface area contributed by atoms with Crippen LogP contribution < -0.4 is 5.32 Å². The van der Waals surface area contributed by atoms with Crippen LogP contribution in [0.5, 0.6) is 0 Å². The van der Waals surface area contributed by atoms with E-state index in [2.05, 4.69) is 9.73 Å². The molecule has 1 atom stereocenters. The molecule has 0 aliphatic heterocycles. The first-order chi connectivity index (χ1) is 8.04. The summed E-state index contributed by atoms with van der Waals surface area (Å²) >= 11 is 0. The molecule has 0 saturated carbocycles. The van der Waals surface area contributed by atoms with Gasteiger partial charge >= 0.3 is 0 Å². The molecule has 2 rings (SSSR count). The fourth-order valence-corrected chi connectivity index (χ4v) is 1.59. The van der Waals surface area contributed by atoms with Gasteiger partial charge in [0, 0.05) is 11.5 Å². The SMILES string of the molecule is CN[C@@H](C)C(=O)c1ccc2cc(F)oc2c1F. The summed E-state index contributed by atoms with van der Waals surface area (Å²) in [6.07, 6.45) is 0. The summed E-state index contributed by atoms with van der Waals surface area (Å²) in [6.45, 7) is 1.62. The third-order valence-corrected chi connectivity index (χ3v) is 2.69. The first-order valence-corrected chi connectivity index (χ1v) is 5.13. The van der Waals surface area contributed by atoms with Crippen LogP contribution in [0.4, 0.5) is 8.78 Å². The van der Waals surface area contributed by atoms with Gasteiger partial charge in [-0.25, -0.2) is 4.39 Å². The highest BCUT2D eigenvalue weighted by molar-refractivity contribution is 6.02. The maximum Gasteiger partial charge on any atom is 0.278 e. The third-order valence-electron chi connectivity index (χ3n) is 2.69. The van der Waals surface area contributed by atoms with Gasteiger partial charge in [-0.05, 0) is 20.0 Å². The van der Waals surface area contributed by atoms with Crippen molar-refractivity contribution < 1.29 is 18.0 Å². The molecule has 2 aromatic rings. The highest BCUT2D eigenvalue weighted by Gasteiger charge is 2.21. The van der Waals surface area contributed by atoms with E-state index in [1.807, 2.05) is 0 Å². The molecular weight excluding hydrogens is 228 g/mol. The molecule has 0 saturated heterocycles. The Balaban J connectivity index is 2.56. The number of Topliss-reactive ketones (excluding diaryl/α,β-unsaturated/α-hetero) is 1. The fourth-order valence-electron chi connectivity index (χ4n) is 1.59. The minimum absolute atomic E-state index is 0.103. The topological polar surface area (TPSA) is 42.2 Å². The summed E-state index contributed by atoms with van der Waals surface area (Å²) in [7, 11) is 1.60. The largest absolute Gasteiger partial charge is 0.428 e. The molecule has 0 bridgehead atoms. The maximum absolute atomic E-state index is 13.9. The van der Waals surface area contributed by atoms with E-state index in [0.29, 0.717) is 5.39 Å². The van der Waals surface area contributed by atoms with Gasteiger partial charge in [-0.2, -0.15) is 4.39 Å². The monoisotopic (exact) mass is 239 g/mol. The molecule has 0 fully saturated rings. The molecule has 90 valence electrons. The second kappa shape index (κ2) is 4.25. The number of ketones is 1. The third kappa shape index (κ3) is 1.93. The van der Waals surface area contributed by atoms with Gasteiger partial charge in [0.1, 0.15) is 0 Å². The number of hydrogen-bond acceptors (Lipinski definition) is 3. The lowest BCUT2D eigenvalue weighted by Gasteiger charge is -2.09. The van der Waals surface area contributed by atoms with E-state index < -0.39 is 23.7 Å². The van der Waals surface area contributed by atoms with Crippen molar-refractivity contribution in [3.8, 4) is 0 Å². The first-order valence-electron chi connectivity index (χ1n) is 5.13. The molecule has 0 unspecified atom stereocenters. The van der Waals surface area contributed by atoms with Gasteiger partial charge in [-0.1, -0.05) is 6.07 Å². The quantitative estimate of drug-likeness (QED) is 0.837. The van der Waals surface area contributed by atoms with Crippen LogP contribution in [0, 0.1) is 11.8 Å². The molecule has 1 aromatic carbocycles. The van der Waals surface area contributed by atoms with Crippen LogP contribution in [-0.4, -0.2) is 18.9 Å². The molecular formula is C12H11F2NO2. The standard InChI is InChI=1S/C12H11F2NO2/c1-6(15-2)11(16)8-4-3-7-5-9(13)17-12(7)10(8)14/h3-6,15H,1-2H3/t6-/m0/s1. The lowest BCUT2D eigenvalue weighted by atomic mass is 10.0. The van der Waals surface area contributed by atoms with Gasteiger partial charge < -0.3 is 9.73 Å². The van der Waals surface area contributed by atoms with Crippen LogP contribution in [-0.2, 0) is 0 Å². The molecule has 5 heteroatoms. The second-order valence-electron chi connectivity index (χ2n) is 3.77. The number of hydrogen-bond donors (Lipinski definition) is 1. The molecule has 0 amide bonds. The zero-order valence-corrected chi connectivity index (χ0v) is 9.38. The molecule has 0 radical (unpaired) electrons. The second-order valence-corrected chi connectivity index (χ2v) is 3.77. The van der Waals surface area contributed by atoms with Gasteiger partial charge in [-0.3, -0.25) is 4.79 Å². The van der Waals surface area contributed by atoms with Crippen LogP contribution in [0.2, 0.25) is 0 Å². The van der Waals surface area contributed by atoms with E-state index in [1.165, 1.54) is 12.1 Å². The molecule has 0 spiro atoms. The lowest BCUT2D eigenvalue weighted by Crippen LogP contribution is -2.31. The Bertz CT molecular complexity index is 577. The number of halogens is 2. The predicted octanol–water partition coefficient (Wildman–Crippen LogP) is 2.50. The summed E-state index contributed by atoms with van der Waals surface area (Å²) in [4.78, 5) is 11.8. The van der Waals surface area contributed by atoms with Gasteiger partial charge in [-0.15, -0.1) is 0 Å². The van der Waals surface area contributed by atoms with E-state index in [9.17, 15) is 13.6 Å². The van der Waals surface area contributed by atoms with E-state index in [4.69, 9.17) is 0 Å². The first kappa shape index (κ1) is 11.7. The zero-order valence-electron chi connectivity index (χ0n) is 9.38. The van der Waals surface area contributed by atoms with Crippen molar-refractivity contribution in [2.24, 2.45) is 0 Å². The molecule has 1 aromatic heterocycles. The molecule has 3 nitrogen and oxygen atoms in total. The van der Waals surface area contributed by atoms with Gasteiger partial charge in [0.05, 0.1) is 11.6 Å². The van der Waals surface area contributed by atoms with Crippen LogP contribution in [0.25, 0.3) is 11.0 Å². The van der Waals surface area contributed by atoms with Crippen molar-refractivity contribution in [3.05, 3.63) is 35.6 Å². The normalized spacial score (nSPS) is 12.9. The summed E-state index contributed by atoms with van der Waals surface area (Å²) in [5.41, 5.74) is -0.328. The van der Waals surface area contributed by atoms with Crippen LogP contribution >= 0.6 is 0 Å². The summed E-state index contributed by atoms with van der Waals surface area (Å²) < 4.78 is 31.3. The Morgan fingerprint density at radius 3 is 2.76 bits per heavy atom. The predicted molar refractivity (Wildman–Crippen MR) is 59.0 cm³/mol. The maximum atomic E-state index is 13.9. The number of fused-ring (bicyclic) bond motifs is 1. The van der Waals surface area contributed by atoms with Crippen molar-refractivity contribution in [3.63, 3.8) is 0 Å². The number of carbonyl (C=O) groups is 1. The number of rotatable bonds is 3. The average Bonchev–Trinajstić information content (AvgIpc) is 2.69. The van der Waals surface area contributed by atoms with Crippen molar-refractivity contribution in [1.29, 1.82) is 0 Å². The number of carbonyl (C=O) groups excluding carboxylic acids is 1. The minimum atomic E-state index is -0.870. The van der Waals surface area contributed by atoms with Crippen molar-refractivity contribution >= 4 is 16.8 Å². The van der Waals surface area contributed by atoms with E-state index in [1.54, 1.807) is 14.0 Å². The molecule has 1 N–H and O–H groups in total. The summed E-state index contributed by atoms with van der Waals surface area (Å²) in [5, 5.41) is 3.02. The van der Waals surface area contributed by atoms with E-state index in [-0.39, 0.29) is 11.1 Å². The minimum Gasteiger partial charge on any atom is -0.428 e. The van der Waals surface area contributed by atoms with Gasteiger partial charge in [0.2, 0.25) is 0 Å². The number of benzene rings is 1. The molecule has 0 aliphatic carbocycles. The highest BCUT2D eigenvalue weighted by atomic mass is 19.1. The van der Waals surface area contributed by atoms with Gasteiger partial charge in [0.15, 0.2) is 17.2 Å². The molecule has 1 heterocycles. The molecule has 0 aliphatic rings. The Kier molecular flexibility index (Phi) is 2.93. The van der Waals surface area contributed by atoms with Gasteiger partial charge in [0.25, 0.3) is 6.01 Å². The molecule has 17 heavy (non-hydrogen) atoms. The Morgan fingerprint density at radius 2 is 2.12 bits per heavy atom. The smallest absolute Gasteiger partial charge is 0.278 e. The Labute approximate surface area is 96.4 Å². The summed E-state index contributed by atoms with van der Waals surface area (Å²) in [6, 6.07) is 2.49. The number of furan rings is 1. The van der Waals surface area contributed by atoms with Crippen LogP contribution in [0.3, 0.4) is 0 Å². The highest BCUT2D eigenvalue weighted by Crippen LogP contribution is 2.24. The Morgan fingerprint density at radius 1 is 1.41 bits per heavy atom.